The molecule has 0 aliphatic heterocycles. The first-order valence-corrected chi connectivity index (χ1v) is 9.81. The quantitative estimate of drug-likeness (QED) is 0.563. The number of benzene rings is 2. The standard InChI is InChI=1S/C22H21N5O2/c1-29-17-8-4-5-15(12-17)24-22(28)14-9-10-19-18(11-14)20-21(26-25-19)23-13-27(20)16-6-2-3-7-16/h4-5,8-13,16H,2-3,6-7H2,1H3,(H,24,28). The number of nitrogens with zero attached hydrogens (tertiary/aromatic N) is 4. The lowest BCUT2D eigenvalue weighted by atomic mass is 10.1. The van der Waals surface area contributed by atoms with Crippen molar-refractivity contribution >= 4 is 33.7 Å². The largest absolute Gasteiger partial charge is 0.497 e. The molecule has 29 heavy (non-hydrogen) atoms. The molecule has 1 fully saturated rings. The summed E-state index contributed by atoms with van der Waals surface area (Å²) in [6, 6.07) is 13.2. The molecule has 1 aliphatic rings. The Hall–Kier alpha value is -3.48. The molecule has 0 unspecified atom stereocenters. The molecule has 4 aromatic rings. The fourth-order valence-electron chi connectivity index (χ4n) is 4.10. The van der Waals surface area contributed by atoms with Crippen molar-refractivity contribution in [3.05, 3.63) is 54.4 Å². The molecule has 1 amide bonds. The van der Waals surface area contributed by atoms with Crippen LogP contribution < -0.4 is 10.1 Å². The van der Waals surface area contributed by atoms with Gasteiger partial charge in [-0.3, -0.25) is 4.79 Å². The van der Waals surface area contributed by atoms with E-state index in [1.54, 1.807) is 19.2 Å². The predicted molar refractivity (Wildman–Crippen MR) is 111 cm³/mol. The maximum atomic E-state index is 12.9. The molecule has 1 saturated carbocycles. The summed E-state index contributed by atoms with van der Waals surface area (Å²) < 4.78 is 7.44. The molecule has 146 valence electrons. The molecule has 0 atom stereocenters. The molecule has 2 aromatic carbocycles. The van der Waals surface area contributed by atoms with Crippen molar-refractivity contribution in [1.82, 2.24) is 19.7 Å². The number of carbonyl (C=O) groups is 1. The van der Waals surface area contributed by atoms with Crippen molar-refractivity contribution in [2.24, 2.45) is 0 Å². The van der Waals surface area contributed by atoms with Crippen LogP contribution in [0.25, 0.3) is 22.1 Å². The Kier molecular flexibility index (Phi) is 4.35. The third kappa shape index (κ3) is 3.18. The Morgan fingerprint density at radius 3 is 2.83 bits per heavy atom. The summed E-state index contributed by atoms with van der Waals surface area (Å²) in [5.74, 6) is 0.510. The summed E-state index contributed by atoms with van der Waals surface area (Å²) >= 11 is 0. The number of carbonyl (C=O) groups excluding carboxylic acids is 1. The van der Waals surface area contributed by atoms with E-state index < -0.39 is 0 Å². The summed E-state index contributed by atoms with van der Waals surface area (Å²) in [6.07, 6.45) is 6.61. The first kappa shape index (κ1) is 17.6. The molecule has 7 heteroatoms. The molecule has 0 bridgehead atoms. The Morgan fingerprint density at radius 2 is 2.00 bits per heavy atom. The van der Waals surface area contributed by atoms with Crippen LogP contribution in [-0.4, -0.2) is 32.8 Å². The van der Waals surface area contributed by atoms with E-state index in [2.05, 4.69) is 25.1 Å². The number of amides is 1. The Balaban J connectivity index is 1.55. The van der Waals surface area contributed by atoms with E-state index in [1.165, 1.54) is 12.8 Å². The number of methoxy groups -OCH3 is 1. The van der Waals surface area contributed by atoms with Gasteiger partial charge in [-0.1, -0.05) is 18.9 Å². The van der Waals surface area contributed by atoms with Crippen molar-refractivity contribution in [3.63, 3.8) is 0 Å². The van der Waals surface area contributed by atoms with Crippen molar-refractivity contribution in [2.45, 2.75) is 31.7 Å². The van der Waals surface area contributed by atoms with E-state index in [9.17, 15) is 4.79 Å². The first-order valence-electron chi connectivity index (χ1n) is 9.81. The normalized spacial score (nSPS) is 14.5. The molecule has 0 radical (unpaired) electrons. The fourth-order valence-corrected chi connectivity index (χ4v) is 4.10. The van der Waals surface area contributed by atoms with Crippen LogP contribution in [0.4, 0.5) is 5.69 Å². The smallest absolute Gasteiger partial charge is 0.255 e. The second-order valence-corrected chi connectivity index (χ2v) is 7.38. The van der Waals surface area contributed by atoms with Gasteiger partial charge in [0.05, 0.1) is 24.5 Å². The average Bonchev–Trinajstić information content (AvgIpc) is 3.43. The van der Waals surface area contributed by atoms with Crippen LogP contribution >= 0.6 is 0 Å². The van der Waals surface area contributed by atoms with E-state index in [4.69, 9.17) is 4.74 Å². The molecule has 0 spiro atoms. The number of hydrogen-bond donors (Lipinski definition) is 1. The van der Waals surface area contributed by atoms with Crippen LogP contribution in [0.1, 0.15) is 42.1 Å². The van der Waals surface area contributed by atoms with Gasteiger partial charge in [-0.2, -0.15) is 0 Å². The predicted octanol–water partition coefficient (Wildman–Crippen LogP) is 4.36. The van der Waals surface area contributed by atoms with Crippen LogP contribution in [0, 0.1) is 0 Å². The van der Waals surface area contributed by atoms with Gasteiger partial charge in [0.1, 0.15) is 5.75 Å². The van der Waals surface area contributed by atoms with Crippen molar-refractivity contribution in [1.29, 1.82) is 0 Å². The van der Waals surface area contributed by atoms with Gasteiger partial charge in [-0.05, 0) is 43.2 Å². The molecular weight excluding hydrogens is 366 g/mol. The minimum Gasteiger partial charge on any atom is -0.497 e. The zero-order valence-corrected chi connectivity index (χ0v) is 16.1. The molecule has 0 saturated heterocycles. The minimum absolute atomic E-state index is 0.183. The lowest BCUT2D eigenvalue weighted by Gasteiger charge is -2.13. The lowest BCUT2D eigenvalue weighted by Crippen LogP contribution is -2.12. The number of rotatable bonds is 4. The Labute approximate surface area is 167 Å². The highest BCUT2D eigenvalue weighted by atomic mass is 16.5. The highest BCUT2D eigenvalue weighted by Gasteiger charge is 2.21. The van der Waals surface area contributed by atoms with Crippen molar-refractivity contribution in [3.8, 4) is 5.75 Å². The number of fused-ring (bicyclic) bond motifs is 3. The second kappa shape index (κ2) is 7.16. The Morgan fingerprint density at radius 1 is 1.14 bits per heavy atom. The third-order valence-electron chi connectivity index (χ3n) is 5.59. The summed E-state index contributed by atoms with van der Waals surface area (Å²) in [4.78, 5) is 17.3. The number of hydrogen-bond acceptors (Lipinski definition) is 5. The topological polar surface area (TPSA) is 81.9 Å². The molecule has 2 aromatic heterocycles. The summed E-state index contributed by atoms with van der Waals surface area (Å²) in [5.41, 5.74) is 3.58. The van der Waals surface area contributed by atoms with Gasteiger partial charge >= 0.3 is 0 Å². The molecule has 1 N–H and O–H groups in total. The maximum Gasteiger partial charge on any atom is 0.255 e. The number of nitrogens with one attached hydrogen (secondary N) is 1. The van der Waals surface area contributed by atoms with Crippen LogP contribution in [0.2, 0.25) is 0 Å². The molecule has 1 aliphatic carbocycles. The Bertz CT molecular complexity index is 1210. The summed E-state index contributed by atoms with van der Waals surface area (Å²) in [7, 11) is 1.60. The van der Waals surface area contributed by atoms with Crippen LogP contribution in [0.3, 0.4) is 0 Å². The summed E-state index contributed by atoms with van der Waals surface area (Å²) in [5, 5.41) is 12.4. The first-order chi connectivity index (χ1) is 14.2. The summed E-state index contributed by atoms with van der Waals surface area (Å²) in [6.45, 7) is 0. The van der Waals surface area contributed by atoms with Gasteiger partial charge in [0.2, 0.25) is 5.65 Å². The molecular formula is C22H21N5O2. The SMILES string of the molecule is COc1cccc(NC(=O)c2ccc3nnc4ncn(C5CCCC5)c4c3c2)c1. The van der Waals surface area contributed by atoms with Gasteiger partial charge in [-0.15, -0.1) is 10.2 Å². The van der Waals surface area contributed by atoms with Crippen molar-refractivity contribution < 1.29 is 9.53 Å². The third-order valence-corrected chi connectivity index (χ3v) is 5.59. The molecule has 7 nitrogen and oxygen atoms in total. The van der Waals surface area contributed by atoms with Gasteiger partial charge < -0.3 is 14.6 Å². The highest BCUT2D eigenvalue weighted by Crippen LogP contribution is 2.34. The van der Waals surface area contributed by atoms with Crippen LogP contribution in [0.5, 0.6) is 5.75 Å². The van der Waals surface area contributed by atoms with E-state index in [1.807, 2.05) is 36.7 Å². The minimum atomic E-state index is -0.183. The van der Waals surface area contributed by atoms with E-state index in [0.717, 1.165) is 29.3 Å². The van der Waals surface area contributed by atoms with E-state index >= 15 is 0 Å². The second-order valence-electron chi connectivity index (χ2n) is 7.38. The van der Waals surface area contributed by atoms with Crippen LogP contribution in [0.15, 0.2) is 48.8 Å². The zero-order chi connectivity index (χ0) is 19.8. The average molecular weight is 387 g/mol. The monoisotopic (exact) mass is 387 g/mol. The van der Waals surface area contributed by atoms with Crippen molar-refractivity contribution in [2.75, 3.05) is 12.4 Å². The fraction of sp³-hybridized carbons (Fsp3) is 0.273. The maximum absolute atomic E-state index is 12.9. The van der Waals surface area contributed by atoms with Gasteiger partial charge in [0.15, 0.2) is 0 Å². The number of imidazole rings is 1. The highest BCUT2D eigenvalue weighted by molar-refractivity contribution is 6.09. The van der Waals surface area contributed by atoms with Gasteiger partial charge in [-0.25, -0.2) is 4.98 Å². The van der Waals surface area contributed by atoms with E-state index in [0.29, 0.717) is 28.7 Å². The molecule has 2 heterocycles. The van der Waals surface area contributed by atoms with Gasteiger partial charge in [0.25, 0.3) is 5.91 Å². The molecule has 5 rings (SSSR count). The van der Waals surface area contributed by atoms with E-state index in [-0.39, 0.29) is 5.91 Å². The van der Waals surface area contributed by atoms with Crippen LogP contribution in [-0.2, 0) is 0 Å². The number of anilines is 1. The lowest BCUT2D eigenvalue weighted by molar-refractivity contribution is 0.102. The number of ether oxygens (including phenoxy) is 1. The number of aromatic nitrogens is 4. The zero-order valence-electron chi connectivity index (χ0n) is 16.1. The van der Waals surface area contributed by atoms with Gasteiger partial charge in [0, 0.05) is 28.7 Å².